The number of carboxylic acid groups (broad SMARTS) is 1. The van der Waals surface area contributed by atoms with Gasteiger partial charge in [0.2, 0.25) is 0 Å². The molecule has 2 aromatic carbocycles. The number of aromatic amines is 1. The van der Waals surface area contributed by atoms with Crippen LogP contribution in [0.25, 0.3) is 10.9 Å². The van der Waals surface area contributed by atoms with Gasteiger partial charge in [-0.15, -0.1) is 0 Å². The van der Waals surface area contributed by atoms with Crippen LogP contribution in [0.3, 0.4) is 0 Å². The van der Waals surface area contributed by atoms with Gasteiger partial charge in [-0.05, 0) is 80.7 Å². The molecule has 2 unspecified atom stereocenters. The molecule has 1 amide bonds. The topological polar surface area (TPSA) is 68.8 Å². The van der Waals surface area contributed by atoms with E-state index in [-0.39, 0.29) is 6.04 Å². The molecule has 0 aliphatic carbocycles. The second-order valence-corrected chi connectivity index (χ2v) is 9.25. The molecule has 0 spiro atoms. The molecule has 0 radical (unpaired) electrons. The van der Waals surface area contributed by atoms with E-state index in [0.29, 0.717) is 30.6 Å². The van der Waals surface area contributed by atoms with Crippen LogP contribution >= 0.6 is 11.6 Å². The molecule has 3 heterocycles. The maximum absolute atomic E-state index is 12.0. The van der Waals surface area contributed by atoms with Gasteiger partial charge in [0.05, 0.1) is 6.61 Å². The number of ether oxygens (including phenoxy) is 1. The van der Waals surface area contributed by atoms with Crippen molar-refractivity contribution in [3.63, 3.8) is 0 Å². The van der Waals surface area contributed by atoms with Crippen LogP contribution in [0.4, 0.5) is 4.79 Å². The summed E-state index contributed by atoms with van der Waals surface area (Å²) in [6.45, 7) is 2.30. The van der Waals surface area contributed by atoms with Crippen LogP contribution in [0, 0.1) is 0 Å². The highest BCUT2D eigenvalue weighted by atomic mass is 35.5. The van der Waals surface area contributed by atoms with Crippen LogP contribution in [0.1, 0.15) is 42.1 Å². The summed E-state index contributed by atoms with van der Waals surface area (Å²) in [5.41, 5.74) is 3.97. The summed E-state index contributed by atoms with van der Waals surface area (Å²) in [5, 5.41) is 11.6. The Balaban J connectivity index is 1.38. The molecule has 2 aliphatic heterocycles. The zero-order valence-electron chi connectivity index (χ0n) is 18.2. The molecule has 0 bridgehead atoms. The van der Waals surface area contributed by atoms with Gasteiger partial charge in [0, 0.05) is 34.2 Å². The number of carbonyl (C=O) groups is 1. The molecular formula is C25H28ClN3O3. The fraction of sp³-hybridized carbons (Fsp3) is 0.400. The van der Waals surface area contributed by atoms with Crippen LogP contribution in [0.15, 0.2) is 42.5 Å². The average molecular weight is 454 g/mol. The number of nitrogens with zero attached hydrogens (tertiary/aromatic N) is 2. The van der Waals surface area contributed by atoms with Crippen molar-refractivity contribution in [3.8, 4) is 5.75 Å². The van der Waals surface area contributed by atoms with Crippen LogP contribution < -0.4 is 4.74 Å². The second kappa shape index (κ2) is 8.68. The minimum atomic E-state index is -0.918. The molecule has 2 N–H and O–H groups in total. The van der Waals surface area contributed by atoms with E-state index in [0.717, 1.165) is 39.9 Å². The van der Waals surface area contributed by atoms with Gasteiger partial charge >= 0.3 is 6.09 Å². The van der Waals surface area contributed by atoms with Gasteiger partial charge in [0.15, 0.2) is 0 Å². The monoisotopic (exact) mass is 453 g/mol. The van der Waals surface area contributed by atoms with E-state index >= 15 is 0 Å². The Morgan fingerprint density at radius 1 is 1.22 bits per heavy atom. The number of benzene rings is 2. The summed E-state index contributed by atoms with van der Waals surface area (Å²) in [5.74, 6) is 0.815. The first-order valence-electron chi connectivity index (χ1n) is 11.2. The minimum absolute atomic E-state index is 0.386. The molecule has 32 heavy (non-hydrogen) atoms. The van der Waals surface area contributed by atoms with E-state index in [9.17, 15) is 9.90 Å². The number of H-pyrrole nitrogens is 1. The number of hydrogen-bond donors (Lipinski definition) is 2. The fourth-order valence-corrected chi connectivity index (χ4v) is 5.39. The number of fused-ring (bicyclic) bond motifs is 3. The number of hydrogen-bond acceptors (Lipinski definition) is 3. The van der Waals surface area contributed by atoms with Gasteiger partial charge in [-0.2, -0.15) is 0 Å². The standard InChI is InChI=1S/C25H28ClN3O3/c1-28-12-2-3-18(28)11-14-32-19-7-4-16(5-8-19)24-23-20(10-13-29(24)25(30)31)21-15-17(26)6-9-22(21)27-23/h4-9,15,18,24,27H,2-3,10-14H2,1H3,(H,30,31). The third-order valence-electron chi connectivity index (χ3n) is 6.92. The molecule has 1 saturated heterocycles. The third-order valence-corrected chi connectivity index (χ3v) is 7.16. The van der Waals surface area contributed by atoms with Gasteiger partial charge in [-0.25, -0.2) is 4.79 Å². The van der Waals surface area contributed by atoms with Crippen molar-refractivity contribution >= 4 is 28.6 Å². The van der Waals surface area contributed by atoms with E-state index in [4.69, 9.17) is 16.3 Å². The number of rotatable bonds is 5. The molecule has 2 aliphatic rings. The highest BCUT2D eigenvalue weighted by Crippen LogP contribution is 2.39. The van der Waals surface area contributed by atoms with Crippen molar-refractivity contribution < 1.29 is 14.6 Å². The van der Waals surface area contributed by atoms with E-state index in [1.807, 2.05) is 42.5 Å². The number of halogens is 1. The van der Waals surface area contributed by atoms with Crippen molar-refractivity contribution in [2.75, 3.05) is 26.7 Å². The number of likely N-dealkylation sites (tertiary alicyclic amines) is 1. The molecule has 7 heteroatoms. The molecule has 6 nitrogen and oxygen atoms in total. The normalized spacial score (nSPS) is 21.1. The summed E-state index contributed by atoms with van der Waals surface area (Å²) in [4.78, 5) is 19.4. The number of amides is 1. The highest BCUT2D eigenvalue weighted by molar-refractivity contribution is 6.31. The van der Waals surface area contributed by atoms with E-state index in [1.165, 1.54) is 24.3 Å². The lowest BCUT2D eigenvalue weighted by Gasteiger charge is -2.34. The summed E-state index contributed by atoms with van der Waals surface area (Å²) in [7, 11) is 2.18. The van der Waals surface area contributed by atoms with E-state index in [2.05, 4.69) is 16.9 Å². The van der Waals surface area contributed by atoms with Crippen LogP contribution in [-0.2, 0) is 6.42 Å². The molecule has 3 aromatic rings. The first-order chi connectivity index (χ1) is 15.5. The first kappa shape index (κ1) is 21.2. The Labute approximate surface area is 192 Å². The van der Waals surface area contributed by atoms with E-state index < -0.39 is 6.09 Å². The zero-order chi connectivity index (χ0) is 22.2. The Bertz CT molecular complexity index is 1130. The fourth-order valence-electron chi connectivity index (χ4n) is 5.22. The summed E-state index contributed by atoms with van der Waals surface area (Å²) >= 11 is 6.22. The molecule has 5 rings (SSSR count). The quantitative estimate of drug-likeness (QED) is 0.549. The largest absolute Gasteiger partial charge is 0.494 e. The lowest BCUT2D eigenvalue weighted by atomic mass is 9.92. The number of aromatic nitrogens is 1. The highest BCUT2D eigenvalue weighted by Gasteiger charge is 2.34. The van der Waals surface area contributed by atoms with Crippen molar-refractivity contribution in [2.45, 2.75) is 37.8 Å². The predicted molar refractivity (Wildman–Crippen MR) is 126 cm³/mol. The minimum Gasteiger partial charge on any atom is -0.494 e. The molecular weight excluding hydrogens is 426 g/mol. The lowest BCUT2D eigenvalue weighted by Crippen LogP contribution is -2.39. The van der Waals surface area contributed by atoms with E-state index in [1.54, 1.807) is 0 Å². The predicted octanol–water partition coefficient (Wildman–Crippen LogP) is 5.31. The van der Waals surface area contributed by atoms with Gasteiger partial charge in [0.1, 0.15) is 11.8 Å². The smallest absolute Gasteiger partial charge is 0.408 e. The Morgan fingerprint density at radius 3 is 2.75 bits per heavy atom. The van der Waals surface area contributed by atoms with Gasteiger partial charge < -0.3 is 19.7 Å². The van der Waals surface area contributed by atoms with Crippen molar-refractivity contribution in [3.05, 3.63) is 64.3 Å². The summed E-state index contributed by atoms with van der Waals surface area (Å²) < 4.78 is 5.98. The van der Waals surface area contributed by atoms with Gasteiger partial charge in [-0.3, -0.25) is 4.90 Å². The molecule has 1 aromatic heterocycles. The Morgan fingerprint density at radius 2 is 2.03 bits per heavy atom. The molecule has 2 atom stereocenters. The molecule has 168 valence electrons. The first-order valence-corrected chi connectivity index (χ1v) is 11.6. The Hall–Kier alpha value is -2.70. The van der Waals surface area contributed by atoms with Crippen LogP contribution in [0.5, 0.6) is 5.75 Å². The van der Waals surface area contributed by atoms with Gasteiger partial charge in [0.25, 0.3) is 0 Å². The molecule has 1 fully saturated rings. The summed E-state index contributed by atoms with van der Waals surface area (Å²) in [6, 6.07) is 13.8. The molecule has 0 saturated carbocycles. The van der Waals surface area contributed by atoms with Crippen molar-refractivity contribution in [2.24, 2.45) is 0 Å². The maximum atomic E-state index is 12.0. The lowest BCUT2D eigenvalue weighted by molar-refractivity contribution is 0.128. The average Bonchev–Trinajstić information content (AvgIpc) is 3.36. The van der Waals surface area contributed by atoms with Crippen molar-refractivity contribution in [1.82, 2.24) is 14.8 Å². The Kier molecular flexibility index (Phi) is 5.74. The number of nitrogens with one attached hydrogen (secondary N) is 1. The third kappa shape index (κ3) is 3.93. The second-order valence-electron chi connectivity index (χ2n) is 8.82. The zero-order valence-corrected chi connectivity index (χ0v) is 18.9. The SMILES string of the molecule is CN1CCCC1CCOc1ccc(C2c3[nH]c4ccc(Cl)cc4c3CCN2C(=O)O)cc1. The van der Waals surface area contributed by atoms with Gasteiger partial charge in [-0.1, -0.05) is 23.7 Å². The van der Waals surface area contributed by atoms with Crippen LogP contribution in [0.2, 0.25) is 5.02 Å². The van der Waals surface area contributed by atoms with Crippen molar-refractivity contribution in [1.29, 1.82) is 0 Å². The van der Waals surface area contributed by atoms with Crippen LogP contribution in [-0.4, -0.2) is 58.8 Å². The summed E-state index contributed by atoms with van der Waals surface area (Å²) in [6.07, 6.45) is 3.27. The maximum Gasteiger partial charge on any atom is 0.408 e.